The van der Waals surface area contributed by atoms with Crippen LogP contribution in [0.5, 0.6) is 0 Å². The van der Waals surface area contributed by atoms with Gasteiger partial charge in [-0.05, 0) is 35.5 Å². The number of carbonyl (C=O) groups excluding carboxylic acids is 2. The quantitative estimate of drug-likeness (QED) is 0.478. The summed E-state index contributed by atoms with van der Waals surface area (Å²) in [6, 6.07) is 6.34. The van der Waals surface area contributed by atoms with E-state index in [0.29, 0.717) is 28.5 Å². The van der Waals surface area contributed by atoms with Gasteiger partial charge in [0.25, 0.3) is 0 Å². The second-order valence-corrected chi connectivity index (χ2v) is 5.44. The summed E-state index contributed by atoms with van der Waals surface area (Å²) < 4.78 is 4.60. The highest BCUT2D eigenvalue weighted by atomic mass is 32.2. The molecule has 0 radical (unpaired) electrons. The highest BCUT2D eigenvalue weighted by Crippen LogP contribution is 2.25. The number of hydrogen-bond donors (Lipinski definition) is 1. The van der Waals surface area contributed by atoms with Crippen molar-refractivity contribution in [1.82, 2.24) is 15.2 Å². The van der Waals surface area contributed by atoms with Gasteiger partial charge in [0.2, 0.25) is 5.16 Å². The summed E-state index contributed by atoms with van der Waals surface area (Å²) in [5.74, 6) is -1.11. The number of rotatable bonds is 6. The van der Waals surface area contributed by atoms with Crippen LogP contribution in [0.4, 0.5) is 0 Å². The van der Waals surface area contributed by atoms with E-state index in [4.69, 9.17) is 0 Å². The van der Waals surface area contributed by atoms with Gasteiger partial charge in [0.1, 0.15) is 5.82 Å². The van der Waals surface area contributed by atoms with Crippen molar-refractivity contribution in [1.29, 1.82) is 0 Å². The van der Waals surface area contributed by atoms with Gasteiger partial charge < -0.3 is 14.6 Å². The average molecular weight is 332 g/mol. The van der Waals surface area contributed by atoms with E-state index in [2.05, 4.69) is 19.9 Å². The SMILES string of the molecule is CCc1nc(S/C(=C/c2ccc(C(=O)OC)cc2)C(=O)[O-])n[nH]1. The van der Waals surface area contributed by atoms with Crippen molar-refractivity contribution < 1.29 is 19.4 Å². The number of hydrogen-bond acceptors (Lipinski definition) is 7. The van der Waals surface area contributed by atoms with Crippen LogP contribution in [0.25, 0.3) is 6.08 Å². The molecule has 8 heteroatoms. The van der Waals surface area contributed by atoms with Gasteiger partial charge in [-0.2, -0.15) is 0 Å². The zero-order valence-electron chi connectivity index (χ0n) is 12.5. The lowest BCUT2D eigenvalue weighted by atomic mass is 10.1. The summed E-state index contributed by atoms with van der Waals surface area (Å²) >= 11 is 0.897. The van der Waals surface area contributed by atoms with Gasteiger partial charge in [-0.25, -0.2) is 9.78 Å². The van der Waals surface area contributed by atoms with E-state index in [1.165, 1.54) is 13.2 Å². The number of aromatic amines is 1. The van der Waals surface area contributed by atoms with Crippen molar-refractivity contribution in [3.63, 3.8) is 0 Å². The number of aliphatic carboxylic acids is 1. The molecular formula is C15H14N3O4S-. The molecule has 0 aliphatic carbocycles. The number of H-pyrrole nitrogens is 1. The van der Waals surface area contributed by atoms with Crippen LogP contribution in [0.3, 0.4) is 0 Å². The first-order chi connectivity index (χ1) is 11.0. The van der Waals surface area contributed by atoms with E-state index in [-0.39, 0.29) is 4.91 Å². The Morgan fingerprint density at radius 1 is 1.35 bits per heavy atom. The molecule has 0 amide bonds. The molecule has 0 atom stereocenters. The van der Waals surface area contributed by atoms with Crippen molar-refractivity contribution in [3.8, 4) is 0 Å². The smallest absolute Gasteiger partial charge is 0.337 e. The van der Waals surface area contributed by atoms with E-state index < -0.39 is 11.9 Å². The third-order valence-electron chi connectivity index (χ3n) is 2.88. The summed E-state index contributed by atoms with van der Waals surface area (Å²) in [6.07, 6.45) is 2.11. The molecule has 0 bridgehead atoms. The van der Waals surface area contributed by atoms with E-state index in [1.54, 1.807) is 24.3 Å². The van der Waals surface area contributed by atoms with Crippen molar-refractivity contribution >= 4 is 29.8 Å². The summed E-state index contributed by atoms with van der Waals surface area (Å²) in [5.41, 5.74) is 0.990. The first-order valence-corrected chi connectivity index (χ1v) is 7.55. The van der Waals surface area contributed by atoms with Crippen LogP contribution in [0.1, 0.15) is 28.7 Å². The van der Waals surface area contributed by atoms with E-state index in [0.717, 1.165) is 11.8 Å². The highest BCUT2D eigenvalue weighted by molar-refractivity contribution is 8.04. The minimum absolute atomic E-state index is 0.0301. The summed E-state index contributed by atoms with van der Waals surface area (Å²) in [6.45, 7) is 1.91. The Labute approximate surface area is 136 Å². The summed E-state index contributed by atoms with van der Waals surface area (Å²) in [7, 11) is 1.29. The van der Waals surface area contributed by atoms with Crippen molar-refractivity contribution in [3.05, 3.63) is 46.1 Å². The predicted molar refractivity (Wildman–Crippen MR) is 82.4 cm³/mol. The Balaban J connectivity index is 2.21. The predicted octanol–water partition coefficient (Wildman–Crippen LogP) is 1.04. The molecule has 0 fully saturated rings. The number of carbonyl (C=O) groups is 2. The normalized spacial score (nSPS) is 11.3. The third-order valence-corrected chi connectivity index (χ3v) is 3.75. The van der Waals surface area contributed by atoms with Crippen molar-refractivity contribution in [2.75, 3.05) is 7.11 Å². The Morgan fingerprint density at radius 3 is 2.57 bits per heavy atom. The van der Waals surface area contributed by atoms with Gasteiger partial charge >= 0.3 is 5.97 Å². The molecule has 0 saturated heterocycles. The Hall–Kier alpha value is -2.61. The van der Waals surface area contributed by atoms with Gasteiger partial charge in [0, 0.05) is 11.3 Å². The summed E-state index contributed by atoms with van der Waals surface area (Å²) in [5, 5.41) is 18.2. The maximum absolute atomic E-state index is 11.4. The molecule has 2 aromatic rings. The van der Waals surface area contributed by atoms with Crippen LogP contribution >= 0.6 is 11.8 Å². The average Bonchev–Trinajstić information content (AvgIpc) is 3.01. The highest BCUT2D eigenvalue weighted by Gasteiger charge is 2.09. The van der Waals surface area contributed by atoms with E-state index in [1.807, 2.05) is 6.92 Å². The molecule has 1 heterocycles. The molecular weight excluding hydrogens is 318 g/mol. The fourth-order valence-corrected chi connectivity index (χ4v) is 2.42. The lowest BCUT2D eigenvalue weighted by Gasteiger charge is -2.06. The minimum Gasteiger partial charge on any atom is -0.544 e. The number of benzene rings is 1. The van der Waals surface area contributed by atoms with Gasteiger partial charge in [0.15, 0.2) is 0 Å². The van der Waals surface area contributed by atoms with Crippen LogP contribution in [0.15, 0.2) is 34.3 Å². The lowest BCUT2D eigenvalue weighted by molar-refractivity contribution is -0.298. The maximum atomic E-state index is 11.4. The second-order valence-electron chi connectivity index (χ2n) is 4.43. The van der Waals surface area contributed by atoms with Crippen LogP contribution in [-0.2, 0) is 16.0 Å². The number of ether oxygens (including phenoxy) is 1. The zero-order valence-corrected chi connectivity index (χ0v) is 13.3. The first-order valence-electron chi connectivity index (χ1n) is 6.74. The number of carboxylic acid groups (broad SMARTS) is 1. The van der Waals surface area contributed by atoms with Crippen LogP contribution in [-0.4, -0.2) is 34.2 Å². The van der Waals surface area contributed by atoms with Crippen LogP contribution in [0.2, 0.25) is 0 Å². The molecule has 0 aliphatic heterocycles. The molecule has 23 heavy (non-hydrogen) atoms. The number of methoxy groups -OCH3 is 1. The number of nitrogens with zero attached hydrogens (tertiary/aromatic N) is 2. The molecule has 0 unspecified atom stereocenters. The summed E-state index contributed by atoms with van der Waals surface area (Å²) in [4.78, 5) is 26.7. The molecule has 0 spiro atoms. The number of esters is 1. The van der Waals surface area contributed by atoms with E-state index >= 15 is 0 Å². The topological polar surface area (TPSA) is 108 Å². The molecule has 7 nitrogen and oxygen atoms in total. The molecule has 1 N–H and O–H groups in total. The van der Waals surface area contributed by atoms with Gasteiger partial charge in [0.05, 0.1) is 18.6 Å². The third kappa shape index (κ3) is 4.43. The monoisotopic (exact) mass is 332 g/mol. The second kappa shape index (κ2) is 7.59. The van der Waals surface area contributed by atoms with Crippen LogP contribution < -0.4 is 5.11 Å². The van der Waals surface area contributed by atoms with Crippen LogP contribution in [0, 0.1) is 0 Å². The Morgan fingerprint density at radius 2 is 2.04 bits per heavy atom. The number of thioether (sulfide) groups is 1. The molecule has 0 aliphatic rings. The Kier molecular flexibility index (Phi) is 5.53. The fourth-order valence-electron chi connectivity index (χ4n) is 1.69. The molecule has 120 valence electrons. The largest absolute Gasteiger partial charge is 0.544 e. The zero-order chi connectivity index (χ0) is 16.8. The number of aryl methyl sites for hydroxylation is 1. The lowest BCUT2D eigenvalue weighted by Crippen LogP contribution is -2.23. The van der Waals surface area contributed by atoms with Crippen molar-refractivity contribution in [2.45, 2.75) is 18.5 Å². The maximum Gasteiger partial charge on any atom is 0.337 e. The van der Waals surface area contributed by atoms with Gasteiger partial charge in [-0.15, -0.1) is 5.10 Å². The fraction of sp³-hybridized carbons (Fsp3) is 0.200. The number of aromatic nitrogens is 3. The first kappa shape index (κ1) is 16.8. The molecule has 1 aromatic heterocycles. The van der Waals surface area contributed by atoms with E-state index in [9.17, 15) is 14.7 Å². The molecule has 0 saturated carbocycles. The van der Waals surface area contributed by atoms with Gasteiger partial charge in [-0.3, -0.25) is 5.10 Å². The van der Waals surface area contributed by atoms with Crippen molar-refractivity contribution in [2.24, 2.45) is 0 Å². The molecule has 2 rings (SSSR count). The Bertz CT molecular complexity index is 737. The minimum atomic E-state index is -1.32. The number of nitrogens with one attached hydrogen (secondary N) is 1. The standard InChI is InChI=1S/C15H15N3O4S/c1-3-12-16-15(18-17-12)23-11(13(19)20)8-9-4-6-10(7-5-9)14(21)22-2/h4-8H,3H2,1-2H3,(H,19,20)(H,16,17,18)/p-1/b11-8+. The molecule has 1 aromatic carbocycles. The van der Waals surface area contributed by atoms with Gasteiger partial charge in [-0.1, -0.05) is 19.1 Å². The number of carboxylic acids is 1.